The molecule has 3 aromatic heterocycles. The largest absolute Gasteiger partial charge is 0.433 e. The SMILES string of the molecule is CN(C)Cc1ccc(Nc2ncc3cc(C#CCNC(=O)c4cccn(Cc5ccc(C(F)(F)F)nc5)c4=O)ccc3n2)cc1. The minimum absolute atomic E-state index is 0.0132. The van der Waals surface area contributed by atoms with E-state index in [4.69, 9.17) is 0 Å². The monoisotopic (exact) mass is 611 g/mol. The number of amides is 1. The summed E-state index contributed by atoms with van der Waals surface area (Å²) >= 11 is 0. The smallest absolute Gasteiger partial charge is 0.341 e. The number of alkyl halides is 3. The van der Waals surface area contributed by atoms with E-state index >= 15 is 0 Å². The number of hydrogen-bond donors (Lipinski definition) is 2. The van der Waals surface area contributed by atoms with Gasteiger partial charge >= 0.3 is 6.18 Å². The molecule has 0 bridgehead atoms. The normalized spacial score (nSPS) is 11.2. The van der Waals surface area contributed by atoms with Gasteiger partial charge in [-0.15, -0.1) is 0 Å². The molecule has 9 nitrogen and oxygen atoms in total. The van der Waals surface area contributed by atoms with Crippen LogP contribution >= 0.6 is 0 Å². The van der Waals surface area contributed by atoms with E-state index in [0.29, 0.717) is 17.1 Å². The summed E-state index contributed by atoms with van der Waals surface area (Å²) in [6, 6.07) is 18.5. The van der Waals surface area contributed by atoms with Crippen LogP contribution in [0, 0.1) is 11.8 Å². The first-order valence-electron chi connectivity index (χ1n) is 13.8. The summed E-state index contributed by atoms with van der Waals surface area (Å²) in [7, 11) is 4.04. The Morgan fingerprint density at radius 3 is 2.47 bits per heavy atom. The second kappa shape index (κ2) is 13.4. The van der Waals surface area contributed by atoms with E-state index in [-0.39, 0.29) is 18.7 Å². The molecule has 0 aliphatic carbocycles. The molecule has 3 heterocycles. The van der Waals surface area contributed by atoms with E-state index in [1.165, 1.54) is 34.5 Å². The van der Waals surface area contributed by atoms with E-state index < -0.39 is 23.3 Å². The van der Waals surface area contributed by atoms with Gasteiger partial charge < -0.3 is 20.1 Å². The molecule has 0 unspecified atom stereocenters. The average molecular weight is 612 g/mol. The molecule has 0 saturated carbocycles. The van der Waals surface area contributed by atoms with Gasteiger partial charge in [0.2, 0.25) is 5.95 Å². The van der Waals surface area contributed by atoms with Crippen molar-refractivity contribution in [3.63, 3.8) is 0 Å². The van der Waals surface area contributed by atoms with Crippen LogP contribution in [0.4, 0.5) is 24.8 Å². The standard InChI is InChI=1S/C33H28F3N7O2/c1-42(2)20-23-7-11-26(12-8-23)40-32-39-19-25-17-22(9-13-28(25)41-32)5-3-15-37-30(44)27-6-4-16-43(31(27)45)21-24-10-14-29(38-18-24)33(34,35)36/h4,6-14,16-19H,15,20-21H2,1-2H3,(H,37,44)(H,39,40,41). The van der Waals surface area contributed by atoms with Crippen LogP contribution in [-0.2, 0) is 19.3 Å². The topological polar surface area (TPSA) is 105 Å². The highest BCUT2D eigenvalue weighted by molar-refractivity contribution is 5.94. The van der Waals surface area contributed by atoms with Crippen molar-refractivity contribution in [1.29, 1.82) is 0 Å². The van der Waals surface area contributed by atoms with Crippen molar-refractivity contribution in [2.75, 3.05) is 26.0 Å². The van der Waals surface area contributed by atoms with Crippen LogP contribution in [0.25, 0.3) is 10.9 Å². The first kappa shape index (κ1) is 30.9. The second-order valence-electron chi connectivity index (χ2n) is 10.4. The molecular formula is C33H28F3N7O2. The molecule has 1 amide bonds. The summed E-state index contributed by atoms with van der Waals surface area (Å²) in [4.78, 5) is 40.0. The molecule has 12 heteroatoms. The minimum Gasteiger partial charge on any atom is -0.341 e. The zero-order valence-electron chi connectivity index (χ0n) is 24.4. The molecule has 0 aliphatic heterocycles. The van der Waals surface area contributed by atoms with Crippen LogP contribution in [0.15, 0.2) is 90.1 Å². The Hall–Kier alpha value is -5.54. The highest BCUT2D eigenvalue weighted by Crippen LogP contribution is 2.27. The Morgan fingerprint density at radius 2 is 1.76 bits per heavy atom. The number of aromatic nitrogens is 4. The molecule has 5 rings (SSSR count). The van der Waals surface area contributed by atoms with Crippen LogP contribution in [0.3, 0.4) is 0 Å². The molecule has 228 valence electrons. The van der Waals surface area contributed by atoms with Crippen LogP contribution in [0.5, 0.6) is 0 Å². The van der Waals surface area contributed by atoms with Crippen molar-refractivity contribution in [3.05, 3.63) is 124 Å². The number of carbonyl (C=O) groups excluding carboxylic acids is 1. The maximum atomic E-state index is 12.8. The molecule has 0 aliphatic rings. The number of nitrogens with one attached hydrogen (secondary N) is 2. The summed E-state index contributed by atoms with van der Waals surface area (Å²) in [5.74, 6) is 5.71. The predicted molar refractivity (Wildman–Crippen MR) is 165 cm³/mol. The van der Waals surface area contributed by atoms with Gasteiger partial charge in [0, 0.05) is 41.8 Å². The van der Waals surface area contributed by atoms with E-state index in [0.717, 1.165) is 35.4 Å². The lowest BCUT2D eigenvalue weighted by molar-refractivity contribution is -0.141. The van der Waals surface area contributed by atoms with Gasteiger partial charge in [-0.2, -0.15) is 13.2 Å². The van der Waals surface area contributed by atoms with E-state index in [9.17, 15) is 22.8 Å². The zero-order chi connectivity index (χ0) is 32.0. The Balaban J connectivity index is 1.18. The van der Waals surface area contributed by atoms with Crippen molar-refractivity contribution in [1.82, 2.24) is 29.7 Å². The molecular weight excluding hydrogens is 583 g/mol. The van der Waals surface area contributed by atoms with Crippen molar-refractivity contribution >= 4 is 28.4 Å². The Morgan fingerprint density at radius 1 is 0.978 bits per heavy atom. The number of benzene rings is 2. The number of hydrogen-bond acceptors (Lipinski definition) is 7. The maximum absolute atomic E-state index is 12.8. The molecule has 0 saturated heterocycles. The van der Waals surface area contributed by atoms with Crippen molar-refractivity contribution in [3.8, 4) is 11.8 Å². The number of rotatable bonds is 8. The first-order chi connectivity index (χ1) is 21.5. The first-order valence-corrected chi connectivity index (χ1v) is 13.8. The predicted octanol–water partition coefficient (Wildman–Crippen LogP) is 4.84. The molecule has 2 N–H and O–H groups in total. The lowest BCUT2D eigenvalue weighted by Gasteiger charge is -2.10. The molecule has 2 aromatic carbocycles. The lowest BCUT2D eigenvalue weighted by Crippen LogP contribution is -2.33. The van der Waals surface area contributed by atoms with Gasteiger partial charge in [0.05, 0.1) is 18.6 Å². The fourth-order valence-electron chi connectivity index (χ4n) is 4.44. The molecule has 0 radical (unpaired) electrons. The van der Waals surface area contributed by atoms with Crippen molar-refractivity contribution in [2.45, 2.75) is 19.3 Å². The van der Waals surface area contributed by atoms with E-state index in [2.05, 4.69) is 54.5 Å². The number of anilines is 2. The highest BCUT2D eigenvalue weighted by atomic mass is 19.4. The van der Waals surface area contributed by atoms with Gasteiger partial charge in [-0.05, 0) is 73.8 Å². The van der Waals surface area contributed by atoms with Gasteiger partial charge in [0.15, 0.2) is 0 Å². The maximum Gasteiger partial charge on any atom is 0.433 e. The van der Waals surface area contributed by atoms with Crippen LogP contribution in [0.2, 0.25) is 0 Å². The number of pyridine rings is 2. The molecule has 0 spiro atoms. The Labute approximate surface area is 256 Å². The Kier molecular flexibility index (Phi) is 9.20. The number of nitrogens with zero attached hydrogens (tertiary/aromatic N) is 5. The average Bonchev–Trinajstić information content (AvgIpc) is 3.01. The highest BCUT2D eigenvalue weighted by Gasteiger charge is 2.32. The van der Waals surface area contributed by atoms with E-state index in [1.807, 2.05) is 44.4 Å². The fourth-order valence-corrected chi connectivity index (χ4v) is 4.44. The molecule has 0 atom stereocenters. The third-order valence-electron chi connectivity index (χ3n) is 6.59. The number of halogens is 3. The van der Waals surface area contributed by atoms with Crippen LogP contribution < -0.4 is 16.2 Å². The Bertz CT molecular complexity index is 1940. The summed E-state index contributed by atoms with van der Waals surface area (Å²) in [5.41, 5.74) is 2.18. The summed E-state index contributed by atoms with van der Waals surface area (Å²) in [6.07, 6.45) is -0.346. The van der Waals surface area contributed by atoms with Gasteiger partial charge in [0.25, 0.3) is 11.5 Å². The quantitative estimate of drug-likeness (QED) is 0.242. The van der Waals surface area contributed by atoms with Gasteiger partial charge in [-0.3, -0.25) is 14.6 Å². The summed E-state index contributed by atoms with van der Waals surface area (Å²) in [5, 5.41) is 6.62. The second-order valence-corrected chi connectivity index (χ2v) is 10.4. The fraction of sp³-hybridized carbons (Fsp3) is 0.182. The van der Waals surface area contributed by atoms with Crippen molar-refractivity contribution in [2.24, 2.45) is 0 Å². The van der Waals surface area contributed by atoms with Crippen molar-refractivity contribution < 1.29 is 18.0 Å². The summed E-state index contributed by atoms with van der Waals surface area (Å²) < 4.78 is 39.5. The third-order valence-corrected chi connectivity index (χ3v) is 6.59. The zero-order valence-corrected chi connectivity index (χ0v) is 24.4. The number of fused-ring (bicyclic) bond motifs is 1. The lowest BCUT2D eigenvalue weighted by atomic mass is 10.1. The third kappa shape index (κ3) is 8.10. The molecule has 5 aromatic rings. The van der Waals surface area contributed by atoms with Crippen LogP contribution in [0.1, 0.15) is 32.7 Å². The van der Waals surface area contributed by atoms with Gasteiger partial charge in [0.1, 0.15) is 11.3 Å². The molecule has 0 fully saturated rings. The van der Waals surface area contributed by atoms with Gasteiger partial charge in [-0.1, -0.05) is 30.0 Å². The summed E-state index contributed by atoms with van der Waals surface area (Å²) in [6.45, 7) is 0.798. The number of carbonyl (C=O) groups is 1. The van der Waals surface area contributed by atoms with E-state index in [1.54, 1.807) is 6.20 Å². The molecule has 45 heavy (non-hydrogen) atoms. The minimum atomic E-state index is -4.55. The van der Waals surface area contributed by atoms with Gasteiger partial charge in [-0.25, -0.2) is 9.97 Å². The van der Waals surface area contributed by atoms with Crippen LogP contribution in [-0.4, -0.2) is 51.0 Å².